The highest BCUT2D eigenvalue weighted by Gasteiger charge is 2.29. The van der Waals surface area contributed by atoms with E-state index in [1.165, 1.54) is 0 Å². The molecule has 0 N–H and O–H groups in total. The van der Waals surface area contributed by atoms with Crippen LogP contribution in [0.1, 0.15) is 46.2 Å². The molecule has 3 heterocycles. The lowest BCUT2D eigenvalue weighted by Crippen LogP contribution is -2.40. The minimum absolute atomic E-state index is 0.00114. The predicted octanol–water partition coefficient (Wildman–Crippen LogP) is 4.31. The average Bonchev–Trinajstić information content (AvgIpc) is 3.18. The van der Waals surface area contributed by atoms with Gasteiger partial charge in [-0.05, 0) is 44.0 Å². The first-order valence-electron chi connectivity index (χ1n) is 9.58. The minimum Gasteiger partial charge on any atom is -0.338 e. The molecule has 1 aromatic carbocycles. The van der Waals surface area contributed by atoms with Crippen molar-refractivity contribution < 1.29 is 4.79 Å². The molecule has 1 fully saturated rings. The molecule has 0 bridgehead atoms. The molecule has 0 aliphatic carbocycles. The molecule has 1 unspecified atom stereocenters. The van der Waals surface area contributed by atoms with Crippen LogP contribution in [0.3, 0.4) is 0 Å². The highest BCUT2D eigenvalue weighted by molar-refractivity contribution is 6.33. The van der Waals surface area contributed by atoms with Gasteiger partial charge in [-0.25, -0.2) is 4.98 Å². The zero-order valence-corrected chi connectivity index (χ0v) is 16.6. The minimum atomic E-state index is 0.00114. The molecule has 28 heavy (non-hydrogen) atoms. The van der Waals surface area contributed by atoms with E-state index in [2.05, 4.69) is 14.5 Å². The third-order valence-electron chi connectivity index (χ3n) is 5.23. The van der Waals surface area contributed by atoms with Crippen LogP contribution in [0.5, 0.6) is 0 Å². The molecule has 0 spiro atoms. The van der Waals surface area contributed by atoms with E-state index in [4.69, 9.17) is 11.6 Å². The van der Waals surface area contributed by atoms with Crippen LogP contribution in [0.2, 0.25) is 5.02 Å². The molecule has 6 heteroatoms. The van der Waals surface area contributed by atoms with Gasteiger partial charge < -0.3 is 9.47 Å². The number of aromatic nitrogens is 3. The molecule has 4 rings (SSSR count). The van der Waals surface area contributed by atoms with E-state index in [1.54, 1.807) is 12.3 Å². The van der Waals surface area contributed by atoms with Crippen LogP contribution in [-0.4, -0.2) is 38.4 Å². The van der Waals surface area contributed by atoms with Crippen molar-refractivity contribution in [2.75, 3.05) is 13.1 Å². The fraction of sp³-hybridized carbons (Fsp3) is 0.318. The number of hydrogen-bond donors (Lipinski definition) is 0. The number of carbonyl (C=O) groups excluding carboxylic acids is 1. The number of rotatable bonds is 4. The Labute approximate surface area is 170 Å². The standard InChI is InChI=1S/C22H23ClN4O/c1-16-7-8-20(23)19(13-16)22(28)27-11-4-5-17(14-27)21-25-10-12-26(21)15-18-6-2-3-9-24-18/h2-3,6-10,12-13,17H,4-5,11,14-15H2,1H3. The summed E-state index contributed by atoms with van der Waals surface area (Å²) in [7, 11) is 0. The number of amides is 1. The van der Waals surface area contributed by atoms with Crippen molar-refractivity contribution in [1.82, 2.24) is 19.4 Å². The summed E-state index contributed by atoms with van der Waals surface area (Å²) in [5.41, 5.74) is 2.61. The number of nitrogens with zero attached hydrogens (tertiary/aromatic N) is 4. The third kappa shape index (κ3) is 3.94. The van der Waals surface area contributed by atoms with Crippen molar-refractivity contribution in [1.29, 1.82) is 0 Å². The van der Waals surface area contributed by atoms with Crippen LogP contribution < -0.4 is 0 Å². The summed E-state index contributed by atoms with van der Waals surface area (Å²) in [5.74, 6) is 1.22. The van der Waals surface area contributed by atoms with Gasteiger partial charge in [0.15, 0.2) is 0 Å². The summed E-state index contributed by atoms with van der Waals surface area (Å²) >= 11 is 6.29. The van der Waals surface area contributed by atoms with E-state index in [-0.39, 0.29) is 11.8 Å². The Hall–Kier alpha value is -2.66. The Balaban J connectivity index is 1.53. The van der Waals surface area contributed by atoms with Gasteiger partial charge in [-0.3, -0.25) is 9.78 Å². The molecule has 144 valence electrons. The average molecular weight is 395 g/mol. The van der Waals surface area contributed by atoms with Crippen molar-refractivity contribution >= 4 is 17.5 Å². The van der Waals surface area contributed by atoms with Gasteiger partial charge in [0.05, 0.1) is 22.8 Å². The molecular weight excluding hydrogens is 372 g/mol. The van der Waals surface area contributed by atoms with Gasteiger partial charge in [0, 0.05) is 37.6 Å². The summed E-state index contributed by atoms with van der Waals surface area (Å²) < 4.78 is 2.14. The molecule has 0 radical (unpaired) electrons. The number of pyridine rings is 1. The summed E-state index contributed by atoms with van der Waals surface area (Å²) in [5, 5.41) is 0.509. The second kappa shape index (κ2) is 8.15. The van der Waals surface area contributed by atoms with Crippen molar-refractivity contribution in [3.8, 4) is 0 Å². The lowest BCUT2D eigenvalue weighted by molar-refractivity contribution is 0.0703. The van der Waals surface area contributed by atoms with Crippen LogP contribution in [0, 0.1) is 6.92 Å². The Morgan fingerprint density at radius 3 is 2.93 bits per heavy atom. The number of carbonyl (C=O) groups is 1. The van der Waals surface area contributed by atoms with Crippen LogP contribution in [-0.2, 0) is 6.54 Å². The first-order valence-corrected chi connectivity index (χ1v) is 9.96. The lowest BCUT2D eigenvalue weighted by atomic mass is 9.96. The zero-order valence-electron chi connectivity index (χ0n) is 15.9. The molecular formula is C22H23ClN4O. The largest absolute Gasteiger partial charge is 0.338 e. The summed E-state index contributed by atoms with van der Waals surface area (Å²) in [6, 6.07) is 11.5. The summed E-state index contributed by atoms with van der Waals surface area (Å²) in [4.78, 5) is 24.0. The smallest absolute Gasteiger partial charge is 0.255 e. The fourth-order valence-corrected chi connectivity index (χ4v) is 4.02. The van der Waals surface area contributed by atoms with E-state index < -0.39 is 0 Å². The van der Waals surface area contributed by atoms with E-state index in [0.29, 0.717) is 23.7 Å². The van der Waals surface area contributed by atoms with Gasteiger partial charge >= 0.3 is 0 Å². The quantitative estimate of drug-likeness (QED) is 0.662. The molecule has 1 aliphatic rings. The van der Waals surface area contributed by atoms with Crippen LogP contribution >= 0.6 is 11.6 Å². The van der Waals surface area contributed by atoms with E-state index in [0.717, 1.165) is 36.5 Å². The Bertz CT molecular complexity index is 970. The molecule has 1 aliphatic heterocycles. The number of aryl methyl sites for hydroxylation is 1. The molecule has 2 aromatic heterocycles. The Morgan fingerprint density at radius 1 is 1.21 bits per heavy atom. The van der Waals surface area contributed by atoms with Gasteiger partial charge in [0.2, 0.25) is 0 Å². The van der Waals surface area contributed by atoms with E-state index in [9.17, 15) is 4.79 Å². The van der Waals surface area contributed by atoms with Crippen LogP contribution in [0.15, 0.2) is 55.0 Å². The second-order valence-electron chi connectivity index (χ2n) is 7.31. The number of benzene rings is 1. The number of likely N-dealkylation sites (tertiary alicyclic amines) is 1. The summed E-state index contributed by atoms with van der Waals surface area (Å²) in [6.07, 6.45) is 7.60. The number of imidazole rings is 1. The van der Waals surface area contributed by atoms with E-state index >= 15 is 0 Å². The molecule has 5 nitrogen and oxygen atoms in total. The molecule has 1 amide bonds. The van der Waals surface area contributed by atoms with Crippen molar-refractivity contribution in [3.63, 3.8) is 0 Å². The maximum Gasteiger partial charge on any atom is 0.255 e. The lowest BCUT2D eigenvalue weighted by Gasteiger charge is -2.33. The molecule has 0 saturated carbocycles. The fourth-order valence-electron chi connectivity index (χ4n) is 3.83. The van der Waals surface area contributed by atoms with Gasteiger partial charge in [-0.15, -0.1) is 0 Å². The van der Waals surface area contributed by atoms with Crippen LogP contribution in [0.25, 0.3) is 0 Å². The number of halogens is 1. The molecule has 1 saturated heterocycles. The first-order chi connectivity index (χ1) is 13.6. The van der Waals surface area contributed by atoms with Crippen molar-refractivity contribution in [2.45, 2.75) is 32.2 Å². The highest BCUT2D eigenvalue weighted by Crippen LogP contribution is 2.28. The maximum absolute atomic E-state index is 13.1. The molecule has 3 aromatic rings. The van der Waals surface area contributed by atoms with Gasteiger partial charge in [-0.2, -0.15) is 0 Å². The normalized spacial score (nSPS) is 16.9. The van der Waals surface area contributed by atoms with Crippen molar-refractivity contribution in [3.05, 3.63) is 82.7 Å². The predicted molar refractivity (Wildman–Crippen MR) is 110 cm³/mol. The highest BCUT2D eigenvalue weighted by atomic mass is 35.5. The van der Waals surface area contributed by atoms with Gasteiger partial charge in [0.25, 0.3) is 5.91 Å². The maximum atomic E-state index is 13.1. The SMILES string of the molecule is Cc1ccc(Cl)c(C(=O)N2CCCC(c3nccn3Cc3ccccn3)C2)c1. The topological polar surface area (TPSA) is 51.0 Å². The Morgan fingerprint density at radius 2 is 2.11 bits per heavy atom. The van der Waals surface area contributed by atoms with Gasteiger partial charge in [0.1, 0.15) is 5.82 Å². The summed E-state index contributed by atoms with van der Waals surface area (Å²) in [6.45, 7) is 4.06. The number of piperidine rings is 1. The van der Waals surface area contributed by atoms with Gasteiger partial charge in [-0.1, -0.05) is 29.3 Å². The monoisotopic (exact) mass is 394 g/mol. The Kier molecular flexibility index (Phi) is 5.44. The second-order valence-corrected chi connectivity index (χ2v) is 7.72. The first kappa shape index (κ1) is 18.7. The van der Waals surface area contributed by atoms with Crippen LogP contribution in [0.4, 0.5) is 0 Å². The van der Waals surface area contributed by atoms with Crippen molar-refractivity contribution in [2.24, 2.45) is 0 Å². The molecule has 1 atom stereocenters. The zero-order chi connectivity index (χ0) is 19.5. The third-order valence-corrected chi connectivity index (χ3v) is 5.56. The number of hydrogen-bond acceptors (Lipinski definition) is 3. The van der Waals surface area contributed by atoms with E-state index in [1.807, 2.05) is 54.5 Å².